The summed E-state index contributed by atoms with van der Waals surface area (Å²) in [7, 11) is -11.4. The molecule has 0 aliphatic heterocycles. The van der Waals surface area contributed by atoms with E-state index < -0.39 is 31.1 Å². The van der Waals surface area contributed by atoms with Crippen molar-refractivity contribution in [1.82, 2.24) is 4.57 Å². The third-order valence-corrected chi connectivity index (χ3v) is 5.67. The fraction of sp³-hybridized carbons (Fsp3) is 0.727. The molecule has 0 saturated carbocycles. The molecule has 0 N–H and O–H groups in total. The van der Waals surface area contributed by atoms with Crippen molar-refractivity contribution in [2.75, 3.05) is 0 Å². The fourth-order valence-corrected chi connectivity index (χ4v) is 3.09. The zero-order chi connectivity index (χ0) is 21.0. The Kier molecular flexibility index (Phi) is 8.11. The summed E-state index contributed by atoms with van der Waals surface area (Å²) in [5.74, 6) is 1.33. The molecule has 0 saturated heterocycles. The van der Waals surface area contributed by atoms with Crippen LogP contribution in [-0.4, -0.2) is 32.4 Å². The van der Waals surface area contributed by atoms with Crippen molar-refractivity contribution in [1.29, 1.82) is 0 Å². The molecule has 154 valence electrons. The molecule has 0 unspecified atom stereocenters. The van der Waals surface area contributed by atoms with Gasteiger partial charge in [0.05, 0.1) is 13.6 Å². The molecule has 0 aromatic carbocycles. The number of sulfonamides is 2. The second-order valence-corrected chi connectivity index (χ2v) is 8.34. The molecule has 0 bridgehead atoms. The number of unbranched alkanes of at least 4 members (excludes halogenated alkanes) is 1. The Morgan fingerprint density at radius 2 is 1.46 bits per heavy atom. The topological polar surface area (TPSA) is 91.2 Å². The number of aromatic nitrogens is 2. The smallest absolute Gasteiger partial charge is 0.421 e. The Morgan fingerprint density at radius 3 is 1.73 bits per heavy atom. The molecule has 15 heteroatoms. The standard InChI is InChI=1S/C9H17N2.C2F6NO4S2/c1-4-5-6-11-8-7-10(3)9(11)2;3-1(4,5)14(10,11)9-15(12,13)2(6,7)8/h7-8H,4-6H2,1-3H3;/q+1;-1. The number of halogens is 6. The largest absolute Gasteiger partial charge is 0.480 e. The van der Waals surface area contributed by atoms with Gasteiger partial charge in [-0.25, -0.2) is 26.0 Å². The maximum absolute atomic E-state index is 11.4. The highest BCUT2D eigenvalue weighted by Gasteiger charge is 2.46. The van der Waals surface area contributed by atoms with Gasteiger partial charge in [0.1, 0.15) is 12.4 Å². The van der Waals surface area contributed by atoms with Crippen LogP contribution in [0.1, 0.15) is 25.6 Å². The molecule has 26 heavy (non-hydrogen) atoms. The molecule has 0 fully saturated rings. The Morgan fingerprint density at radius 1 is 1.04 bits per heavy atom. The van der Waals surface area contributed by atoms with E-state index in [1.807, 2.05) is 0 Å². The van der Waals surface area contributed by atoms with Gasteiger partial charge in [-0.1, -0.05) is 13.3 Å². The molecule has 1 aromatic rings. The quantitative estimate of drug-likeness (QED) is 0.527. The van der Waals surface area contributed by atoms with E-state index in [1.54, 1.807) is 0 Å². The fourth-order valence-electron chi connectivity index (χ4n) is 1.38. The van der Waals surface area contributed by atoms with Crippen molar-refractivity contribution in [3.63, 3.8) is 0 Å². The van der Waals surface area contributed by atoms with E-state index in [0.717, 1.165) is 10.7 Å². The molecule has 1 aromatic heterocycles. The van der Waals surface area contributed by atoms with Crippen molar-refractivity contribution < 1.29 is 47.7 Å². The first-order chi connectivity index (χ1) is 11.5. The van der Waals surface area contributed by atoms with Crippen molar-refractivity contribution in [3.05, 3.63) is 22.3 Å². The van der Waals surface area contributed by atoms with E-state index in [9.17, 15) is 43.2 Å². The molecule has 0 aliphatic carbocycles. The average molecular weight is 433 g/mol. The summed E-state index contributed by atoms with van der Waals surface area (Å²) in [5.41, 5.74) is -12.4. The van der Waals surface area contributed by atoms with Gasteiger partial charge in [-0.15, -0.1) is 0 Å². The van der Waals surface area contributed by atoms with Gasteiger partial charge in [0.25, 0.3) is 5.82 Å². The first-order valence-electron chi connectivity index (χ1n) is 6.84. The highest BCUT2D eigenvalue weighted by molar-refractivity contribution is 8.13. The van der Waals surface area contributed by atoms with Crippen molar-refractivity contribution in [3.8, 4) is 0 Å². The van der Waals surface area contributed by atoms with Crippen molar-refractivity contribution >= 4 is 20.0 Å². The van der Waals surface area contributed by atoms with Crippen LogP contribution in [-0.2, 0) is 33.6 Å². The highest BCUT2D eigenvalue weighted by atomic mass is 32.3. The lowest BCUT2D eigenvalue weighted by Crippen LogP contribution is -2.30. The summed E-state index contributed by atoms with van der Waals surface area (Å²) in [6, 6.07) is 0. The molecular weight excluding hydrogens is 416 g/mol. The Balaban J connectivity index is 0.000000502. The minimum Gasteiger partial charge on any atom is -0.421 e. The molecule has 7 nitrogen and oxygen atoms in total. The molecule has 1 heterocycles. The maximum Gasteiger partial charge on any atom is 0.480 e. The molecule has 0 amide bonds. The number of alkyl halides is 6. The van der Waals surface area contributed by atoms with Crippen LogP contribution in [0.25, 0.3) is 4.13 Å². The minimum atomic E-state index is -6.72. The number of nitrogens with zero attached hydrogens (tertiary/aromatic N) is 3. The van der Waals surface area contributed by atoms with E-state index in [2.05, 4.69) is 42.4 Å². The molecule has 0 atom stereocenters. The van der Waals surface area contributed by atoms with Crippen molar-refractivity contribution in [2.24, 2.45) is 7.05 Å². The van der Waals surface area contributed by atoms with Crippen LogP contribution < -0.4 is 4.57 Å². The van der Waals surface area contributed by atoms with E-state index in [1.165, 1.54) is 18.7 Å². The second-order valence-electron chi connectivity index (χ2n) is 4.92. The normalized spacial score (nSPS) is 13.3. The minimum absolute atomic E-state index is 0.778. The second kappa shape index (κ2) is 8.56. The van der Waals surface area contributed by atoms with Gasteiger partial charge in [0, 0.05) is 6.92 Å². The highest BCUT2D eigenvalue weighted by Crippen LogP contribution is 2.36. The van der Waals surface area contributed by atoms with Gasteiger partial charge < -0.3 is 4.13 Å². The van der Waals surface area contributed by atoms with Crippen LogP contribution in [0.5, 0.6) is 0 Å². The van der Waals surface area contributed by atoms with Crippen molar-refractivity contribution in [2.45, 2.75) is 44.3 Å². The third kappa shape index (κ3) is 6.75. The number of aryl methyl sites for hydroxylation is 2. The van der Waals surface area contributed by atoms with Gasteiger partial charge in [0.2, 0.25) is 0 Å². The lowest BCUT2D eigenvalue weighted by atomic mass is 10.3. The maximum atomic E-state index is 11.4. The number of rotatable bonds is 5. The third-order valence-electron chi connectivity index (χ3n) is 2.93. The summed E-state index contributed by atoms with van der Waals surface area (Å²) < 4.78 is 114. The summed E-state index contributed by atoms with van der Waals surface area (Å²) in [5, 5.41) is 0. The first kappa shape index (κ1) is 24.7. The van der Waals surface area contributed by atoms with Crippen LogP contribution in [0.4, 0.5) is 26.3 Å². The van der Waals surface area contributed by atoms with E-state index in [4.69, 9.17) is 0 Å². The van der Waals surface area contributed by atoms with Crippen LogP contribution >= 0.6 is 0 Å². The lowest BCUT2D eigenvalue weighted by Gasteiger charge is -2.22. The zero-order valence-corrected chi connectivity index (χ0v) is 15.5. The predicted octanol–water partition coefficient (Wildman–Crippen LogP) is 2.48. The van der Waals surface area contributed by atoms with E-state index in [0.29, 0.717) is 0 Å². The summed E-state index contributed by atoms with van der Waals surface area (Å²) in [6.45, 7) is 5.53. The average Bonchev–Trinajstić information content (AvgIpc) is 2.73. The SMILES string of the molecule is CCCCn1cc[n+](C)c1C.O=S(=O)([N-]S(=O)(=O)C(F)(F)F)C(F)(F)F. The zero-order valence-electron chi connectivity index (χ0n) is 13.8. The Bertz CT molecular complexity index is 755. The first-order valence-corrected chi connectivity index (χ1v) is 9.72. The molecule has 1 rings (SSSR count). The Hall–Kier alpha value is -1.35. The van der Waals surface area contributed by atoms with Crippen LogP contribution in [0.2, 0.25) is 0 Å². The van der Waals surface area contributed by atoms with Gasteiger partial charge in [-0.05, 0) is 6.42 Å². The summed E-state index contributed by atoms with van der Waals surface area (Å²) >= 11 is 0. The Labute approximate surface area is 146 Å². The summed E-state index contributed by atoms with van der Waals surface area (Å²) in [4.78, 5) is 0. The number of hydrogen-bond acceptors (Lipinski definition) is 4. The van der Waals surface area contributed by atoms with Gasteiger partial charge in [-0.2, -0.15) is 26.3 Å². The molecular formula is C11H17F6N3O4S2. The van der Waals surface area contributed by atoms with Crippen LogP contribution in [0, 0.1) is 6.92 Å². The number of imidazole rings is 1. The lowest BCUT2D eigenvalue weighted by molar-refractivity contribution is -0.677. The van der Waals surface area contributed by atoms with E-state index in [-0.39, 0.29) is 0 Å². The monoisotopic (exact) mass is 433 g/mol. The van der Waals surface area contributed by atoms with E-state index >= 15 is 0 Å². The van der Waals surface area contributed by atoms with Crippen LogP contribution in [0.15, 0.2) is 12.4 Å². The predicted molar refractivity (Wildman–Crippen MR) is 78.6 cm³/mol. The summed E-state index contributed by atoms with van der Waals surface area (Å²) in [6.07, 6.45) is 6.78. The molecule has 0 spiro atoms. The molecule has 0 aliphatic rings. The molecule has 0 radical (unpaired) electrons. The van der Waals surface area contributed by atoms with Crippen LogP contribution in [0.3, 0.4) is 0 Å². The van der Waals surface area contributed by atoms with Gasteiger partial charge in [-0.3, -0.25) is 0 Å². The van der Waals surface area contributed by atoms with Gasteiger partial charge >= 0.3 is 11.0 Å². The van der Waals surface area contributed by atoms with Gasteiger partial charge in [0.15, 0.2) is 20.0 Å². The number of hydrogen-bond donors (Lipinski definition) is 0.